The van der Waals surface area contributed by atoms with E-state index in [1.165, 1.54) is 0 Å². The van der Waals surface area contributed by atoms with Crippen molar-refractivity contribution in [1.29, 1.82) is 0 Å². The van der Waals surface area contributed by atoms with Gasteiger partial charge >= 0.3 is 12.0 Å². The molecule has 2 heterocycles. The molecule has 1 saturated carbocycles. The zero-order chi connectivity index (χ0) is 29.5. The van der Waals surface area contributed by atoms with E-state index >= 15 is 0 Å². The summed E-state index contributed by atoms with van der Waals surface area (Å²) in [7, 11) is 0. The second-order valence-corrected chi connectivity index (χ2v) is 10.9. The zero-order valence-electron chi connectivity index (χ0n) is 24.3. The van der Waals surface area contributed by atoms with Crippen molar-refractivity contribution in [2.75, 3.05) is 45.9 Å². The van der Waals surface area contributed by atoms with Gasteiger partial charge in [-0.05, 0) is 49.6 Å². The van der Waals surface area contributed by atoms with Gasteiger partial charge in [-0.3, -0.25) is 14.6 Å². The lowest BCUT2D eigenvalue weighted by molar-refractivity contribution is -0.139. The summed E-state index contributed by atoms with van der Waals surface area (Å²) in [4.78, 5) is 45.8. The van der Waals surface area contributed by atoms with E-state index < -0.39 is 12.0 Å². The molecular formula is C33H40N4O5. The predicted molar refractivity (Wildman–Crippen MR) is 160 cm³/mol. The smallest absolute Gasteiger partial charge is 0.338 e. The van der Waals surface area contributed by atoms with Gasteiger partial charge in [0.25, 0.3) is 0 Å². The Morgan fingerprint density at radius 1 is 1.00 bits per heavy atom. The number of para-hydroxylation sites is 1. The van der Waals surface area contributed by atoms with Crippen molar-refractivity contribution in [3.63, 3.8) is 0 Å². The molecule has 5 rings (SSSR count). The zero-order valence-corrected chi connectivity index (χ0v) is 24.3. The topological polar surface area (TPSA) is 91.4 Å². The molecule has 3 amide bonds. The lowest BCUT2D eigenvalue weighted by Crippen LogP contribution is -2.54. The van der Waals surface area contributed by atoms with Crippen LogP contribution >= 0.6 is 0 Å². The summed E-state index contributed by atoms with van der Waals surface area (Å²) < 4.78 is 11.6. The van der Waals surface area contributed by atoms with Crippen molar-refractivity contribution in [2.45, 2.75) is 38.6 Å². The first-order chi connectivity index (χ1) is 20.5. The molecule has 2 fully saturated rings. The molecule has 9 nitrogen and oxygen atoms in total. The lowest BCUT2D eigenvalue weighted by atomic mass is 9.93. The number of carbonyl (C=O) groups excluding carboxylic acids is 3. The van der Waals surface area contributed by atoms with Crippen molar-refractivity contribution in [1.82, 2.24) is 20.0 Å². The molecule has 222 valence electrons. The normalized spacial score (nSPS) is 19.9. The minimum atomic E-state index is -0.725. The SMILES string of the molecule is C=CCN1C(=O)NC(c2cccc(Oc3ccccc3)c2)C(C(=O)OCC)=C1CN1CCN(C(=O)C2CCCC2)CC1. The summed E-state index contributed by atoms with van der Waals surface area (Å²) in [6, 6.07) is 15.8. The molecule has 1 saturated heterocycles. The van der Waals surface area contributed by atoms with Crippen LogP contribution < -0.4 is 10.1 Å². The van der Waals surface area contributed by atoms with Crippen LogP contribution in [0.5, 0.6) is 11.5 Å². The quantitative estimate of drug-likeness (QED) is 0.322. The Kier molecular flexibility index (Phi) is 9.59. The van der Waals surface area contributed by atoms with E-state index in [1.807, 2.05) is 59.5 Å². The Bertz CT molecular complexity index is 1310. The standard InChI is InChI=1S/C33H40N4O5/c1-3-17-37-28(23-35-18-20-36(21-19-35)31(38)24-11-8-9-12-24)29(32(39)41-4-2)30(34-33(37)40)25-13-10-16-27(22-25)42-26-14-6-5-7-15-26/h3,5-7,10,13-16,22,24,30H,1,4,8-9,11-12,17-21,23H2,2H3,(H,34,40). The Morgan fingerprint density at radius 2 is 1.71 bits per heavy atom. The van der Waals surface area contributed by atoms with E-state index in [-0.39, 0.29) is 31.0 Å². The van der Waals surface area contributed by atoms with Crippen LogP contribution in [0.3, 0.4) is 0 Å². The molecule has 2 aromatic carbocycles. The second kappa shape index (κ2) is 13.7. The van der Waals surface area contributed by atoms with Crippen molar-refractivity contribution in [3.05, 3.63) is 84.1 Å². The molecule has 0 bridgehead atoms. The second-order valence-electron chi connectivity index (χ2n) is 10.9. The van der Waals surface area contributed by atoms with Crippen molar-refractivity contribution in [3.8, 4) is 11.5 Å². The first kappa shape index (κ1) is 29.4. The van der Waals surface area contributed by atoms with Gasteiger partial charge in [-0.25, -0.2) is 9.59 Å². The highest BCUT2D eigenvalue weighted by Crippen LogP contribution is 2.35. The maximum absolute atomic E-state index is 13.6. The largest absolute Gasteiger partial charge is 0.463 e. The van der Waals surface area contributed by atoms with E-state index in [2.05, 4.69) is 16.8 Å². The van der Waals surface area contributed by atoms with Gasteiger partial charge < -0.3 is 19.7 Å². The first-order valence-electron chi connectivity index (χ1n) is 14.9. The number of rotatable bonds is 10. The molecule has 1 aliphatic carbocycles. The minimum Gasteiger partial charge on any atom is -0.463 e. The number of nitrogens with zero attached hydrogens (tertiary/aromatic N) is 3. The van der Waals surface area contributed by atoms with Gasteiger partial charge in [0.15, 0.2) is 0 Å². The Labute approximate surface area is 247 Å². The highest BCUT2D eigenvalue weighted by atomic mass is 16.5. The summed E-state index contributed by atoms with van der Waals surface area (Å²) >= 11 is 0. The van der Waals surface area contributed by atoms with Gasteiger partial charge in [0.1, 0.15) is 11.5 Å². The Balaban J connectivity index is 1.43. The fourth-order valence-corrected chi connectivity index (χ4v) is 6.05. The summed E-state index contributed by atoms with van der Waals surface area (Å²) in [5.74, 6) is 1.22. The van der Waals surface area contributed by atoms with Crippen LogP contribution in [0, 0.1) is 5.92 Å². The van der Waals surface area contributed by atoms with Crippen LogP contribution in [0.1, 0.15) is 44.2 Å². The highest BCUT2D eigenvalue weighted by molar-refractivity contribution is 5.95. The number of piperazine rings is 1. The van der Waals surface area contributed by atoms with E-state index in [9.17, 15) is 14.4 Å². The van der Waals surface area contributed by atoms with Crippen LogP contribution in [0.4, 0.5) is 4.79 Å². The third-order valence-corrected chi connectivity index (χ3v) is 8.18. The summed E-state index contributed by atoms with van der Waals surface area (Å²) in [5.41, 5.74) is 1.69. The molecule has 0 radical (unpaired) electrons. The van der Waals surface area contributed by atoms with E-state index in [1.54, 1.807) is 17.9 Å². The van der Waals surface area contributed by atoms with Gasteiger partial charge in [-0.2, -0.15) is 0 Å². The maximum Gasteiger partial charge on any atom is 0.338 e. The molecule has 42 heavy (non-hydrogen) atoms. The van der Waals surface area contributed by atoms with E-state index in [0.29, 0.717) is 61.1 Å². The van der Waals surface area contributed by atoms with Gasteiger partial charge in [-0.1, -0.05) is 49.2 Å². The molecule has 1 unspecified atom stereocenters. The van der Waals surface area contributed by atoms with Crippen LogP contribution in [0.2, 0.25) is 0 Å². The summed E-state index contributed by atoms with van der Waals surface area (Å²) in [6.45, 7) is 9.01. The molecular weight excluding hydrogens is 532 g/mol. The molecule has 1 N–H and O–H groups in total. The Hall–Kier alpha value is -4.11. The number of esters is 1. The molecule has 2 aliphatic heterocycles. The minimum absolute atomic E-state index is 0.155. The maximum atomic E-state index is 13.6. The highest BCUT2D eigenvalue weighted by Gasteiger charge is 2.39. The van der Waals surface area contributed by atoms with Crippen molar-refractivity contribution >= 4 is 17.9 Å². The Morgan fingerprint density at radius 3 is 2.40 bits per heavy atom. The van der Waals surface area contributed by atoms with E-state index in [4.69, 9.17) is 9.47 Å². The summed E-state index contributed by atoms with van der Waals surface area (Å²) in [5, 5.41) is 3.02. The third kappa shape index (κ3) is 6.68. The first-order valence-corrected chi connectivity index (χ1v) is 14.9. The predicted octanol–water partition coefficient (Wildman–Crippen LogP) is 4.88. The van der Waals surface area contributed by atoms with Crippen LogP contribution in [-0.4, -0.2) is 78.5 Å². The van der Waals surface area contributed by atoms with Crippen molar-refractivity contribution < 1.29 is 23.9 Å². The fraction of sp³-hybridized carbons (Fsp3) is 0.424. The number of nitrogens with one attached hydrogen (secondary N) is 1. The van der Waals surface area contributed by atoms with Crippen molar-refractivity contribution in [2.24, 2.45) is 5.92 Å². The monoisotopic (exact) mass is 572 g/mol. The molecule has 3 aliphatic rings. The number of hydrogen-bond donors (Lipinski definition) is 1. The van der Waals surface area contributed by atoms with Gasteiger partial charge in [-0.15, -0.1) is 6.58 Å². The average Bonchev–Trinajstić information content (AvgIpc) is 3.55. The average molecular weight is 573 g/mol. The number of urea groups is 1. The molecule has 0 spiro atoms. The van der Waals surface area contributed by atoms with Crippen LogP contribution in [0.15, 0.2) is 78.5 Å². The van der Waals surface area contributed by atoms with Gasteiger partial charge in [0, 0.05) is 50.9 Å². The lowest BCUT2D eigenvalue weighted by Gasteiger charge is -2.40. The van der Waals surface area contributed by atoms with Crippen LogP contribution in [0.25, 0.3) is 0 Å². The van der Waals surface area contributed by atoms with Gasteiger partial charge in [0.05, 0.1) is 18.2 Å². The fourth-order valence-electron chi connectivity index (χ4n) is 6.05. The number of benzene rings is 2. The van der Waals surface area contributed by atoms with Crippen LogP contribution in [-0.2, 0) is 14.3 Å². The number of hydrogen-bond acceptors (Lipinski definition) is 6. The number of carbonyl (C=O) groups is 3. The number of amides is 3. The molecule has 9 heteroatoms. The molecule has 1 atom stereocenters. The summed E-state index contributed by atoms with van der Waals surface area (Å²) in [6.07, 6.45) is 5.88. The molecule has 0 aromatic heterocycles. The van der Waals surface area contributed by atoms with E-state index in [0.717, 1.165) is 25.7 Å². The molecule has 2 aromatic rings. The third-order valence-electron chi connectivity index (χ3n) is 8.18. The number of ether oxygens (including phenoxy) is 2. The van der Waals surface area contributed by atoms with Gasteiger partial charge in [0.2, 0.25) is 5.91 Å².